The monoisotopic (exact) mass is 217 g/mol. The molecule has 0 radical (unpaired) electrons. The molecule has 0 saturated carbocycles. The molecule has 0 aliphatic heterocycles. The van der Waals surface area contributed by atoms with Gasteiger partial charge in [0.1, 0.15) is 0 Å². The highest BCUT2D eigenvalue weighted by atomic mass is 79.9. The Labute approximate surface area is 72.9 Å². The van der Waals surface area contributed by atoms with E-state index in [0.717, 1.165) is 16.7 Å². The average Bonchev–Trinajstić information content (AvgIpc) is 2.37. The van der Waals surface area contributed by atoms with Gasteiger partial charge in [0.25, 0.3) is 6.47 Å². The van der Waals surface area contributed by atoms with E-state index in [1.807, 2.05) is 12.1 Å². The fraction of sp³-hybridized carbons (Fsp3) is 0.286. The predicted octanol–water partition coefficient (Wildman–Crippen LogP) is 1.49. The Kier molecular flexibility index (Phi) is 3.16. The molecular weight excluding hydrogens is 210 g/mol. The van der Waals surface area contributed by atoms with Crippen LogP contribution in [0.2, 0.25) is 0 Å². The summed E-state index contributed by atoms with van der Waals surface area (Å²) in [7, 11) is 0. The average molecular weight is 218 g/mol. The van der Waals surface area contributed by atoms with Gasteiger partial charge >= 0.3 is 0 Å². The normalized spacial score (nSPS) is 9.55. The summed E-state index contributed by atoms with van der Waals surface area (Å²) in [5.41, 5.74) is 1.05. The Balaban J connectivity index is 2.32. The molecule has 4 heteroatoms. The standard InChI is InChI=1S/C7H8BrNO2/c8-7-2-1-6(9-7)3-4-11-5-10/h1-2,5,9H,3-4H2. The van der Waals surface area contributed by atoms with Gasteiger partial charge in [-0.05, 0) is 28.1 Å². The number of carbonyl (C=O) groups excluding carboxylic acids is 1. The Morgan fingerprint density at radius 3 is 3.00 bits per heavy atom. The van der Waals surface area contributed by atoms with E-state index in [4.69, 9.17) is 0 Å². The Morgan fingerprint density at radius 2 is 2.45 bits per heavy atom. The lowest BCUT2D eigenvalue weighted by molar-refractivity contribution is -0.128. The Morgan fingerprint density at radius 1 is 1.64 bits per heavy atom. The van der Waals surface area contributed by atoms with Crippen LogP contribution in [0.3, 0.4) is 0 Å². The molecule has 0 saturated heterocycles. The van der Waals surface area contributed by atoms with Crippen LogP contribution in [0.4, 0.5) is 0 Å². The van der Waals surface area contributed by atoms with Crippen LogP contribution in [0.15, 0.2) is 16.7 Å². The summed E-state index contributed by atoms with van der Waals surface area (Å²) in [6, 6.07) is 3.86. The molecule has 0 spiro atoms. The zero-order valence-electron chi connectivity index (χ0n) is 5.84. The summed E-state index contributed by atoms with van der Waals surface area (Å²) in [4.78, 5) is 12.8. The minimum atomic E-state index is 0.427. The van der Waals surface area contributed by atoms with Gasteiger partial charge in [-0.25, -0.2) is 0 Å². The third kappa shape index (κ3) is 2.76. The maximum atomic E-state index is 9.76. The maximum absolute atomic E-state index is 9.76. The van der Waals surface area contributed by atoms with Crippen molar-refractivity contribution in [3.05, 3.63) is 22.4 Å². The van der Waals surface area contributed by atoms with Crippen molar-refractivity contribution in [1.29, 1.82) is 0 Å². The molecule has 11 heavy (non-hydrogen) atoms. The van der Waals surface area contributed by atoms with Gasteiger partial charge in [0.15, 0.2) is 0 Å². The van der Waals surface area contributed by atoms with Gasteiger partial charge < -0.3 is 9.72 Å². The van der Waals surface area contributed by atoms with Gasteiger partial charge in [-0.1, -0.05) is 0 Å². The number of H-pyrrole nitrogens is 1. The fourth-order valence-corrected chi connectivity index (χ4v) is 1.16. The summed E-state index contributed by atoms with van der Waals surface area (Å²) >= 11 is 3.28. The molecule has 0 aliphatic carbocycles. The second kappa shape index (κ2) is 4.18. The minimum absolute atomic E-state index is 0.427. The third-order valence-corrected chi connectivity index (χ3v) is 1.73. The molecule has 1 aromatic rings. The van der Waals surface area contributed by atoms with Crippen molar-refractivity contribution in [2.24, 2.45) is 0 Å². The first-order valence-corrected chi connectivity index (χ1v) is 4.01. The molecule has 0 aliphatic rings. The van der Waals surface area contributed by atoms with E-state index in [1.165, 1.54) is 0 Å². The summed E-state index contributed by atoms with van der Waals surface area (Å²) in [6.45, 7) is 0.883. The lowest BCUT2D eigenvalue weighted by Gasteiger charge is -1.94. The van der Waals surface area contributed by atoms with E-state index in [0.29, 0.717) is 13.1 Å². The van der Waals surface area contributed by atoms with E-state index in [2.05, 4.69) is 25.7 Å². The molecule has 0 fully saturated rings. The smallest absolute Gasteiger partial charge is 0.293 e. The third-order valence-electron chi connectivity index (χ3n) is 1.27. The fourth-order valence-electron chi connectivity index (χ4n) is 0.773. The van der Waals surface area contributed by atoms with Crippen LogP contribution in [-0.4, -0.2) is 18.1 Å². The van der Waals surface area contributed by atoms with Crippen molar-refractivity contribution >= 4 is 22.4 Å². The number of halogens is 1. The number of aromatic amines is 1. The van der Waals surface area contributed by atoms with Crippen LogP contribution in [0.25, 0.3) is 0 Å². The van der Waals surface area contributed by atoms with Crippen molar-refractivity contribution < 1.29 is 9.53 Å². The molecule has 0 atom stereocenters. The number of hydrogen-bond acceptors (Lipinski definition) is 2. The van der Waals surface area contributed by atoms with Gasteiger partial charge in [-0.2, -0.15) is 0 Å². The number of ether oxygens (including phenoxy) is 1. The maximum Gasteiger partial charge on any atom is 0.293 e. The van der Waals surface area contributed by atoms with Crippen LogP contribution in [-0.2, 0) is 16.0 Å². The van der Waals surface area contributed by atoms with Crippen LogP contribution in [0.1, 0.15) is 5.69 Å². The first-order chi connectivity index (χ1) is 5.33. The van der Waals surface area contributed by atoms with Crippen molar-refractivity contribution in [3.63, 3.8) is 0 Å². The second-order valence-electron chi connectivity index (χ2n) is 2.05. The highest BCUT2D eigenvalue weighted by Gasteiger charge is 1.94. The van der Waals surface area contributed by atoms with Crippen molar-refractivity contribution in [3.8, 4) is 0 Å². The van der Waals surface area contributed by atoms with Gasteiger partial charge in [0.2, 0.25) is 0 Å². The van der Waals surface area contributed by atoms with Crippen molar-refractivity contribution in [2.45, 2.75) is 6.42 Å². The molecule has 1 aromatic heterocycles. The van der Waals surface area contributed by atoms with Crippen LogP contribution in [0, 0.1) is 0 Å². The predicted molar refractivity (Wildman–Crippen MR) is 44.2 cm³/mol. The van der Waals surface area contributed by atoms with E-state index in [1.54, 1.807) is 0 Å². The van der Waals surface area contributed by atoms with E-state index >= 15 is 0 Å². The Bertz CT molecular complexity index is 234. The van der Waals surface area contributed by atoms with Crippen molar-refractivity contribution in [1.82, 2.24) is 4.98 Å². The number of hydrogen-bond donors (Lipinski definition) is 1. The molecule has 0 aromatic carbocycles. The Hall–Kier alpha value is -0.770. The zero-order valence-corrected chi connectivity index (χ0v) is 7.43. The van der Waals surface area contributed by atoms with Crippen LogP contribution in [0.5, 0.6) is 0 Å². The highest BCUT2D eigenvalue weighted by molar-refractivity contribution is 9.10. The van der Waals surface area contributed by atoms with E-state index < -0.39 is 0 Å². The molecule has 0 amide bonds. The summed E-state index contributed by atoms with van der Waals surface area (Å²) < 4.78 is 5.47. The number of nitrogens with one attached hydrogen (secondary N) is 1. The SMILES string of the molecule is O=COCCc1ccc(Br)[nH]1. The van der Waals surface area contributed by atoms with Gasteiger partial charge in [0.05, 0.1) is 11.2 Å². The van der Waals surface area contributed by atoms with Gasteiger partial charge in [0, 0.05) is 12.1 Å². The molecular formula is C7H8BrNO2. The number of aromatic nitrogens is 1. The first-order valence-electron chi connectivity index (χ1n) is 3.21. The van der Waals surface area contributed by atoms with Crippen LogP contribution >= 0.6 is 15.9 Å². The quantitative estimate of drug-likeness (QED) is 0.614. The van der Waals surface area contributed by atoms with Gasteiger partial charge in [-0.3, -0.25) is 4.79 Å². The zero-order chi connectivity index (χ0) is 8.10. The topological polar surface area (TPSA) is 42.1 Å². The largest absolute Gasteiger partial charge is 0.467 e. The summed E-state index contributed by atoms with van der Waals surface area (Å²) in [5.74, 6) is 0. The molecule has 3 nitrogen and oxygen atoms in total. The molecule has 60 valence electrons. The minimum Gasteiger partial charge on any atom is -0.467 e. The lowest BCUT2D eigenvalue weighted by Crippen LogP contribution is -1.96. The number of rotatable bonds is 4. The highest BCUT2D eigenvalue weighted by Crippen LogP contribution is 2.08. The van der Waals surface area contributed by atoms with Crippen molar-refractivity contribution in [2.75, 3.05) is 6.61 Å². The second-order valence-corrected chi connectivity index (χ2v) is 2.90. The molecule has 1 rings (SSSR count). The molecule has 1 N–H and O–H groups in total. The summed E-state index contributed by atoms with van der Waals surface area (Å²) in [6.07, 6.45) is 0.727. The molecule has 0 unspecified atom stereocenters. The molecule has 1 heterocycles. The molecule has 0 bridgehead atoms. The van der Waals surface area contributed by atoms with E-state index in [9.17, 15) is 4.79 Å². The van der Waals surface area contributed by atoms with Gasteiger partial charge in [-0.15, -0.1) is 0 Å². The number of carbonyl (C=O) groups is 1. The van der Waals surface area contributed by atoms with Crippen LogP contribution < -0.4 is 0 Å². The van der Waals surface area contributed by atoms with E-state index in [-0.39, 0.29) is 0 Å². The first kappa shape index (κ1) is 8.33. The lowest BCUT2D eigenvalue weighted by atomic mass is 10.3. The summed E-state index contributed by atoms with van der Waals surface area (Å²) in [5, 5.41) is 0.